The van der Waals surface area contributed by atoms with Crippen LogP contribution in [0.3, 0.4) is 0 Å². The van der Waals surface area contributed by atoms with E-state index in [0.29, 0.717) is 22.0 Å². The molecule has 2 aromatic heterocycles. The van der Waals surface area contributed by atoms with E-state index in [2.05, 4.69) is 10.1 Å². The van der Waals surface area contributed by atoms with Crippen molar-refractivity contribution in [3.05, 3.63) is 75.8 Å². The van der Waals surface area contributed by atoms with Crippen LogP contribution in [0.25, 0.3) is 21.7 Å². The molecule has 28 heavy (non-hydrogen) atoms. The van der Waals surface area contributed by atoms with Crippen LogP contribution in [0.15, 0.2) is 53.3 Å². The summed E-state index contributed by atoms with van der Waals surface area (Å²) in [4.78, 5) is 40.6. The molecule has 0 saturated carbocycles. The highest BCUT2D eigenvalue weighted by Gasteiger charge is 2.21. The molecule has 0 aliphatic carbocycles. The topological polar surface area (TPSA) is 94.1 Å². The fraction of sp³-hybridized carbons (Fsp3) is 0.143. The van der Waals surface area contributed by atoms with Crippen LogP contribution in [0.4, 0.5) is 0 Å². The summed E-state index contributed by atoms with van der Waals surface area (Å²) in [6.45, 7) is 1.39. The summed E-state index contributed by atoms with van der Waals surface area (Å²) >= 11 is 0. The maximum absolute atomic E-state index is 12.7. The first-order chi connectivity index (χ1) is 13.5. The molecule has 0 spiro atoms. The molecular formula is C21H17N3O4. The SMILES string of the molecule is Cc1[nH]c2ccccc2c1C(=O)COC(=O)c1nn(C)c(=O)c2ccccc12. The maximum Gasteiger partial charge on any atom is 0.359 e. The second-order valence-electron chi connectivity index (χ2n) is 6.49. The van der Waals surface area contributed by atoms with Crippen LogP contribution in [-0.4, -0.2) is 33.1 Å². The van der Waals surface area contributed by atoms with Crippen LogP contribution in [0.1, 0.15) is 26.5 Å². The number of hydrogen-bond acceptors (Lipinski definition) is 5. The monoisotopic (exact) mass is 375 g/mol. The Kier molecular flexibility index (Phi) is 4.27. The first-order valence-electron chi connectivity index (χ1n) is 8.71. The molecule has 0 saturated heterocycles. The van der Waals surface area contributed by atoms with Crippen molar-refractivity contribution in [3.8, 4) is 0 Å². The van der Waals surface area contributed by atoms with Crippen molar-refractivity contribution in [2.45, 2.75) is 6.92 Å². The average Bonchev–Trinajstić information content (AvgIpc) is 3.04. The number of esters is 1. The molecule has 0 atom stereocenters. The molecule has 140 valence electrons. The summed E-state index contributed by atoms with van der Waals surface area (Å²) in [5, 5.41) is 5.57. The average molecular weight is 375 g/mol. The second-order valence-corrected chi connectivity index (χ2v) is 6.49. The normalized spacial score (nSPS) is 11.1. The predicted molar refractivity (Wildman–Crippen MR) is 105 cm³/mol. The zero-order chi connectivity index (χ0) is 19.8. The second kappa shape index (κ2) is 6.77. The molecule has 0 unspecified atom stereocenters. The van der Waals surface area contributed by atoms with Crippen LogP contribution in [0, 0.1) is 6.92 Å². The van der Waals surface area contributed by atoms with E-state index in [9.17, 15) is 14.4 Å². The molecule has 0 aliphatic heterocycles. The number of ether oxygens (including phenoxy) is 1. The number of para-hydroxylation sites is 1. The fourth-order valence-electron chi connectivity index (χ4n) is 3.36. The van der Waals surface area contributed by atoms with E-state index in [4.69, 9.17) is 4.74 Å². The first kappa shape index (κ1) is 17.7. The zero-order valence-corrected chi connectivity index (χ0v) is 15.4. The number of carbonyl (C=O) groups is 2. The highest BCUT2D eigenvalue weighted by atomic mass is 16.5. The van der Waals surface area contributed by atoms with Gasteiger partial charge in [-0.2, -0.15) is 5.10 Å². The zero-order valence-electron chi connectivity index (χ0n) is 15.4. The van der Waals surface area contributed by atoms with Crippen LogP contribution >= 0.6 is 0 Å². The number of benzene rings is 2. The summed E-state index contributed by atoms with van der Waals surface area (Å²) in [5.41, 5.74) is 1.76. The number of hydrogen-bond donors (Lipinski definition) is 1. The molecule has 7 heteroatoms. The molecule has 7 nitrogen and oxygen atoms in total. The Balaban J connectivity index is 1.62. The Bertz CT molecular complexity index is 1300. The Morgan fingerprint density at radius 1 is 1.04 bits per heavy atom. The predicted octanol–water partition coefficient (Wildman–Crippen LogP) is 2.76. The lowest BCUT2D eigenvalue weighted by molar-refractivity contribution is 0.0469. The van der Waals surface area contributed by atoms with E-state index >= 15 is 0 Å². The van der Waals surface area contributed by atoms with E-state index in [-0.39, 0.29) is 17.0 Å². The van der Waals surface area contributed by atoms with Gasteiger partial charge in [-0.05, 0) is 19.1 Å². The van der Waals surface area contributed by atoms with Crippen molar-refractivity contribution in [1.29, 1.82) is 0 Å². The van der Waals surface area contributed by atoms with Gasteiger partial charge in [-0.1, -0.05) is 36.4 Å². The van der Waals surface area contributed by atoms with Crippen molar-refractivity contribution >= 4 is 33.4 Å². The quantitative estimate of drug-likeness (QED) is 0.437. The van der Waals surface area contributed by atoms with Crippen LogP contribution in [-0.2, 0) is 11.8 Å². The van der Waals surface area contributed by atoms with E-state index < -0.39 is 12.6 Å². The highest BCUT2D eigenvalue weighted by molar-refractivity contribution is 6.11. The van der Waals surface area contributed by atoms with Gasteiger partial charge in [0.25, 0.3) is 5.56 Å². The minimum Gasteiger partial charge on any atom is -0.452 e. The summed E-state index contributed by atoms with van der Waals surface area (Å²) in [6, 6.07) is 14.1. The van der Waals surface area contributed by atoms with E-state index in [1.807, 2.05) is 24.3 Å². The third-order valence-electron chi connectivity index (χ3n) is 4.66. The minimum absolute atomic E-state index is 0.00106. The highest BCUT2D eigenvalue weighted by Crippen LogP contribution is 2.22. The van der Waals surface area contributed by atoms with Gasteiger partial charge in [0.1, 0.15) is 0 Å². The smallest absolute Gasteiger partial charge is 0.359 e. The van der Waals surface area contributed by atoms with E-state index in [0.717, 1.165) is 15.6 Å². The van der Waals surface area contributed by atoms with Gasteiger partial charge in [-0.3, -0.25) is 9.59 Å². The lowest BCUT2D eigenvalue weighted by Crippen LogP contribution is -2.24. The Hall–Kier alpha value is -3.74. The molecule has 0 fully saturated rings. The molecule has 0 bridgehead atoms. The number of ketones is 1. The number of aromatic nitrogens is 3. The van der Waals surface area contributed by atoms with Crippen LogP contribution < -0.4 is 5.56 Å². The van der Waals surface area contributed by atoms with Gasteiger partial charge in [-0.25, -0.2) is 9.48 Å². The van der Waals surface area contributed by atoms with Crippen LogP contribution in [0.5, 0.6) is 0 Å². The Morgan fingerprint density at radius 3 is 2.43 bits per heavy atom. The lowest BCUT2D eigenvalue weighted by Gasteiger charge is -2.08. The maximum atomic E-state index is 12.7. The summed E-state index contributed by atoms with van der Waals surface area (Å²) < 4.78 is 6.33. The summed E-state index contributed by atoms with van der Waals surface area (Å²) in [7, 11) is 1.46. The lowest BCUT2D eigenvalue weighted by atomic mass is 10.1. The van der Waals surface area contributed by atoms with Gasteiger partial charge in [-0.15, -0.1) is 0 Å². The first-order valence-corrected chi connectivity index (χ1v) is 8.71. The standard InChI is InChI=1S/C21H17N3O4/c1-12-18(15-9-5-6-10-16(15)22-12)17(25)11-28-21(27)19-13-7-3-4-8-14(13)20(26)24(2)23-19/h3-10,22H,11H2,1-2H3. The number of aryl methyl sites for hydroxylation is 2. The van der Waals surface area contributed by atoms with Gasteiger partial charge in [0, 0.05) is 34.6 Å². The number of nitrogens with one attached hydrogen (secondary N) is 1. The number of Topliss-reactive ketones (excluding diaryl/α,β-unsaturated/α-hetero) is 1. The number of carbonyl (C=O) groups excluding carboxylic acids is 2. The molecule has 0 aliphatic rings. The summed E-state index contributed by atoms with van der Waals surface area (Å²) in [5.74, 6) is -1.06. The Morgan fingerprint density at radius 2 is 1.68 bits per heavy atom. The van der Waals surface area contributed by atoms with Crippen molar-refractivity contribution in [2.75, 3.05) is 6.61 Å². The molecule has 4 rings (SSSR count). The molecule has 1 N–H and O–H groups in total. The summed E-state index contributed by atoms with van der Waals surface area (Å²) in [6.07, 6.45) is 0. The number of aromatic amines is 1. The van der Waals surface area contributed by atoms with E-state index in [1.54, 1.807) is 31.2 Å². The number of H-pyrrole nitrogens is 1. The van der Waals surface area contributed by atoms with Crippen molar-refractivity contribution in [1.82, 2.24) is 14.8 Å². The van der Waals surface area contributed by atoms with Gasteiger partial charge in [0.2, 0.25) is 5.78 Å². The Labute approximate surface area is 159 Å². The van der Waals surface area contributed by atoms with Crippen molar-refractivity contribution in [3.63, 3.8) is 0 Å². The van der Waals surface area contributed by atoms with Crippen molar-refractivity contribution in [2.24, 2.45) is 7.05 Å². The van der Waals surface area contributed by atoms with Crippen LogP contribution in [0.2, 0.25) is 0 Å². The molecule has 0 radical (unpaired) electrons. The van der Waals surface area contributed by atoms with Crippen molar-refractivity contribution < 1.29 is 14.3 Å². The molecule has 2 heterocycles. The number of fused-ring (bicyclic) bond motifs is 2. The molecular weight excluding hydrogens is 358 g/mol. The largest absolute Gasteiger partial charge is 0.452 e. The molecule has 2 aromatic carbocycles. The number of nitrogens with zero attached hydrogens (tertiary/aromatic N) is 2. The third-order valence-corrected chi connectivity index (χ3v) is 4.66. The number of rotatable bonds is 4. The van der Waals surface area contributed by atoms with Gasteiger partial charge in [0.15, 0.2) is 12.3 Å². The van der Waals surface area contributed by atoms with Gasteiger partial charge in [0.05, 0.1) is 5.39 Å². The van der Waals surface area contributed by atoms with Gasteiger partial charge < -0.3 is 9.72 Å². The molecule has 0 amide bonds. The fourth-order valence-corrected chi connectivity index (χ4v) is 3.36. The van der Waals surface area contributed by atoms with Gasteiger partial charge >= 0.3 is 5.97 Å². The molecule has 4 aromatic rings. The van der Waals surface area contributed by atoms with E-state index in [1.165, 1.54) is 7.05 Å². The third kappa shape index (κ3) is 2.87. The minimum atomic E-state index is -0.752.